The molecule has 190 valence electrons. The van der Waals surface area contributed by atoms with Gasteiger partial charge in [0.2, 0.25) is 0 Å². The predicted octanol–water partition coefficient (Wildman–Crippen LogP) is 2.97. The molecule has 11 heteroatoms. The van der Waals surface area contributed by atoms with Crippen molar-refractivity contribution in [3.05, 3.63) is 89.0 Å². The van der Waals surface area contributed by atoms with Crippen LogP contribution in [0.25, 0.3) is 6.08 Å². The van der Waals surface area contributed by atoms with Gasteiger partial charge in [-0.15, -0.1) is 5.10 Å². The number of thioether (sulfide) groups is 1. The van der Waals surface area contributed by atoms with Crippen LogP contribution in [-0.4, -0.2) is 55.4 Å². The number of piperidine rings is 1. The van der Waals surface area contributed by atoms with Crippen molar-refractivity contribution < 1.29 is 9.59 Å². The van der Waals surface area contributed by atoms with E-state index in [1.54, 1.807) is 23.3 Å². The van der Waals surface area contributed by atoms with Gasteiger partial charge in [-0.1, -0.05) is 40.7 Å². The van der Waals surface area contributed by atoms with Crippen molar-refractivity contribution >= 4 is 35.5 Å². The topological polar surface area (TPSA) is 122 Å². The van der Waals surface area contributed by atoms with E-state index < -0.39 is 11.4 Å². The Bertz CT molecular complexity index is 1280. The third-order valence-corrected chi connectivity index (χ3v) is 7.43. The van der Waals surface area contributed by atoms with Gasteiger partial charge in [0.25, 0.3) is 5.91 Å². The molecule has 2 aliphatic rings. The highest BCUT2D eigenvalue weighted by atomic mass is 32.2. The first-order chi connectivity index (χ1) is 18.0. The lowest BCUT2D eigenvalue weighted by Crippen LogP contribution is -2.49. The van der Waals surface area contributed by atoms with E-state index in [9.17, 15) is 9.59 Å². The number of pyridine rings is 1. The Labute approximate surface area is 219 Å². The number of carbonyl (C=O) groups excluding carboxylic acids is 2. The highest BCUT2D eigenvalue weighted by molar-refractivity contribution is 8.04. The lowest BCUT2D eigenvalue weighted by Gasteiger charge is -2.32. The maximum absolute atomic E-state index is 13.1. The molecule has 0 aliphatic carbocycles. The molecule has 37 heavy (non-hydrogen) atoms. The fraction of sp³-hybridized carbons (Fsp3) is 0.269. The second-order valence-corrected chi connectivity index (χ2v) is 9.93. The number of urea groups is 1. The molecule has 2 aromatic heterocycles. The van der Waals surface area contributed by atoms with E-state index in [2.05, 4.69) is 26.7 Å². The highest BCUT2D eigenvalue weighted by Gasteiger charge is 2.32. The zero-order valence-electron chi connectivity index (χ0n) is 20.2. The van der Waals surface area contributed by atoms with Gasteiger partial charge >= 0.3 is 6.03 Å². The fourth-order valence-corrected chi connectivity index (χ4v) is 5.26. The summed E-state index contributed by atoms with van der Waals surface area (Å²) in [7, 11) is 0. The summed E-state index contributed by atoms with van der Waals surface area (Å²) < 4.78 is 1.79. The van der Waals surface area contributed by atoms with Crippen LogP contribution >= 0.6 is 11.8 Å². The molecule has 0 saturated carbocycles. The summed E-state index contributed by atoms with van der Waals surface area (Å²) in [6.45, 7) is 1.98. The number of benzene rings is 1. The van der Waals surface area contributed by atoms with Gasteiger partial charge in [0.15, 0.2) is 5.50 Å². The number of primary amides is 1. The number of nitrogens with zero attached hydrogens (tertiary/aromatic N) is 6. The van der Waals surface area contributed by atoms with Gasteiger partial charge < -0.3 is 20.9 Å². The molecule has 1 aromatic carbocycles. The normalized spacial score (nSPS) is 17.5. The van der Waals surface area contributed by atoms with Gasteiger partial charge in [-0.05, 0) is 55.2 Å². The minimum Gasteiger partial charge on any atom is -0.365 e. The lowest BCUT2D eigenvalue weighted by atomic mass is 10.0. The fourth-order valence-electron chi connectivity index (χ4n) is 4.27. The Hall–Kier alpha value is -4.12. The smallest absolute Gasteiger partial charge is 0.319 e. The maximum Gasteiger partial charge on any atom is 0.319 e. The van der Waals surface area contributed by atoms with Crippen molar-refractivity contribution in [1.82, 2.24) is 30.2 Å². The van der Waals surface area contributed by atoms with E-state index in [1.807, 2.05) is 58.5 Å². The van der Waals surface area contributed by atoms with Crippen LogP contribution in [0.1, 0.15) is 24.1 Å². The molecule has 0 bridgehead atoms. The first-order valence-electron chi connectivity index (χ1n) is 12.1. The summed E-state index contributed by atoms with van der Waals surface area (Å²) in [5.74, 6) is -0.515. The van der Waals surface area contributed by atoms with Crippen LogP contribution < -0.4 is 16.0 Å². The molecule has 5 rings (SSSR count). The molecular formula is C26H28N8O2S. The van der Waals surface area contributed by atoms with Crippen molar-refractivity contribution in [2.45, 2.75) is 31.3 Å². The quantitative estimate of drug-likeness (QED) is 0.495. The van der Waals surface area contributed by atoms with Crippen molar-refractivity contribution in [2.75, 3.05) is 18.0 Å². The van der Waals surface area contributed by atoms with Gasteiger partial charge in [0.05, 0.1) is 16.8 Å². The van der Waals surface area contributed by atoms with Crippen LogP contribution in [0.15, 0.2) is 77.7 Å². The molecular weight excluding hydrogens is 488 g/mol. The predicted molar refractivity (Wildman–Crippen MR) is 143 cm³/mol. The SMILES string of the molecule is NC(=O)C1=CN(c2ccc(CCn3ccnn3)cc2)C(NC(=O)N2CCC(=Cc3ccccn3)CC2)S1. The molecule has 1 fully saturated rings. The minimum atomic E-state index is -0.515. The summed E-state index contributed by atoms with van der Waals surface area (Å²) in [6, 6.07) is 13.7. The third-order valence-electron chi connectivity index (χ3n) is 6.31. The standard InChI is InChI=1S/C26H28N8O2S/c27-24(35)23-18-34(22-6-4-19(5-7-22)10-15-33-16-12-29-31-33)26(37-23)30-25(36)32-13-8-20(9-14-32)17-21-3-1-2-11-28-21/h1-7,11-12,16-18,26H,8-10,13-15H2,(H2,27,35)(H,30,36). The number of nitrogens with two attached hydrogens (primary N) is 1. The van der Waals surface area contributed by atoms with Gasteiger partial charge in [0.1, 0.15) is 0 Å². The molecule has 1 unspecified atom stereocenters. The number of rotatable bonds is 7. The van der Waals surface area contributed by atoms with Crippen molar-refractivity contribution in [1.29, 1.82) is 0 Å². The first kappa shape index (κ1) is 24.6. The molecule has 0 radical (unpaired) electrons. The monoisotopic (exact) mass is 516 g/mol. The van der Waals surface area contributed by atoms with Crippen LogP contribution in [0.5, 0.6) is 0 Å². The average Bonchev–Trinajstić information content (AvgIpc) is 3.59. The number of hydrogen-bond donors (Lipinski definition) is 2. The molecule has 4 heterocycles. The van der Waals surface area contributed by atoms with Gasteiger partial charge in [-0.2, -0.15) is 0 Å². The zero-order chi connectivity index (χ0) is 25.6. The molecule has 1 saturated heterocycles. The number of aromatic nitrogens is 4. The molecule has 0 spiro atoms. The minimum absolute atomic E-state index is 0.164. The van der Waals surface area contributed by atoms with E-state index in [1.165, 1.54) is 17.3 Å². The number of carbonyl (C=O) groups is 2. The maximum atomic E-state index is 13.1. The molecule has 2 aliphatic heterocycles. The van der Waals surface area contributed by atoms with E-state index in [-0.39, 0.29) is 6.03 Å². The Morgan fingerprint density at radius 1 is 1.11 bits per heavy atom. The molecule has 3 amide bonds. The van der Waals surface area contributed by atoms with Crippen molar-refractivity contribution in [3.63, 3.8) is 0 Å². The Balaban J connectivity index is 1.21. The summed E-state index contributed by atoms with van der Waals surface area (Å²) in [5.41, 5.74) is 9.31. The van der Waals surface area contributed by atoms with Crippen LogP contribution in [0, 0.1) is 0 Å². The van der Waals surface area contributed by atoms with Gasteiger partial charge in [-0.25, -0.2) is 4.79 Å². The van der Waals surface area contributed by atoms with Crippen molar-refractivity contribution in [2.24, 2.45) is 5.73 Å². The zero-order valence-corrected chi connectivity index (χ0v) is 21.1. The largest absolute Gasteiger partial charge is 0.365 e. The number of hydrogen-bond acceptors (Lipinski definition) is 7. The summed E-state index contributed by atoms with van der Waals surface area (Å²) >= 11 is 1.24. The van der Waals surface area contributed by atoms with Crippen LogP contribution in [0.2, 0.25) is 0 Å². The van der Waals surface area contributed by atoms with E-state index >= 15 is 0 Å². The lowest BCUT2D eigenvalue weighted by molar-refractivity contribution is -0.113. The Kier molecular flexibility index (Phi) is 7.50. The first-order valence-corrected chi connectivity index (χ1v) is 13.0. The third kappa shape index (κ3) is 6.18. The molecule has 3 aromatic rings. The average molecular weight is 517 g/mol. The van der Waals surface area contributed by atoms with Gasteiger partial charge in [-0.3, -0.25) is 14.5 Å². The van der Waals surface area contributed by atoms with Crippen molar-refractivity contribution in [3.8, 4) is 0 Å². The van der Waals surface area contributed by atoms with Crippen LogP contribution in [-0.2, 0) is 17.8 Å². The number of nitrogens with one attached hydrogen (secondary N) is 1. The van der Waals surface area contributed by atoms with E-state index in [4.69, 9.17) is 5.73 Å². The van der Waals surface area contributed by atoms with E-state index in [0.717, 1.165) is 42.8 Å². The number of likely N-dealkylation sites (tertiary alicyclic amines) is 1. The molecule has 10 nitrogen and oxygen atoms in total. The summed E-state index contributed by atoms with van der Waals surface area (Å²) in [5, 5.41) is 10.9. The summed E-state index contributed by atoms with van der Waals surface area (Å²) in [6.07, 6.45) is 11.5. The highest BCUT2D eigenvalue weighted by Crippen LogP contribution is 2.35. The van der Waals surface area contributed by atoms with Crippen LogP contribution in [0.3, 0.4) is 0 Å². The molecule has 1 atom stereocenters. The number of amides is 3. The second-order valence-electron chi connectivity index (χ2n) is 8.81. The number of anilines is 1. The summed E-state index contributed by atoms with van der Waals surface area (Å²) in [4.78, 5) is 33.5. The van der Waals surface area contributed by atoms with Gasteiger partial charge in [0, 0.05) is 43.9 Å². The Morgan fingerprint density at radius 3 is 2.59 bits per heavy atom. The Morgan fingerprint density at radius 2 is 1.92 bits per heavy atom. The second kappa shape index (κ2) is 11.3. The number of aryl methyl sites for hydroxylation is 2. The van der Waals surface area contributed by atoms with E-state index in [0.29, 0.717) is 18.0 Å². The van der Waals surface area contributed by atoms with Crippen LogP contribution in [0.4, 0.5) is 10.5 Å². The molecule has 3 N–H and O–H groups in total.